The molecule has 4 heteroatoms. The van der Waals surface area contributed by atoms with Gasteiger partial charge in [0.05, 0.1) is 6.04 Å². The number of amides is 1. The van der Waals surface area contributed by atoms with Crippen molar-refractivity contribution in [2.24, 2.45) is 0 Å². The van der Waals surface area contributed by atoms with Crippen molar-refractivity contribution in [3.05, 3.63) is 101 Å². The smallest absolute Gasteiger partial charge is 0.410 e. The zero-order valence-electron chi connectivity index (χ0n) is 18.6. The minimum absolute atomic E-state index is 0.136. The summed E-state index contributed by atoms with van der Waals surface area (Å²) in [6.07, 6.45) is 3.29. The number of benzene rings is 3. The Morgan fingerprint density at radius 2 is 1.66 bits per heavy atom. The van der Waals surface area contributed by atoms with Gasteiger partial charge in [0.2, 0.25) is 0 Å². The maximum Gasteiger partial charge on any atom is 0.412 e. The molecule has 0 radical (unpaired) electrons. The van der Waals surface area contributed by atoms with Crippen LogP contribution in [0.5, 0.6) is 5.75 Å². The number of fused-ring (bicyclic) bond motifs is 2. The van der Waals surface area contributed by atoms with E-state index in [0.29, 0.717) is 5.75 Å². The van der Waals surface area contributed by atoms with Crippen LogP contribution in [0, 0.1) is 13.8 Å². The fourth-order valence-electron chi connectivity index (χ4n) is 5.24. The highest BCUT2D eigenvalue weighted by Gasteiger charge is 2.52. The van der Waals surface area contributed by atoms with E-state index < -0.39 is 11.7 Å². The molecular weight excluding hydrogens is 398 g/mol. The van der Waals surface area contributed by atoms with Gasteiger partial charge in [0.15, 0.2) is 0 Å². The number of nitrogens with one attached hydrogen (secondary N) is 1. The van der Waals surface area contributed by atoms with Gasteiger partial charge in [-0.3, -0.25) is 0 Å². The van der Waals surface area contributed by atoms with Gasteiger partial charge in [-0.1, -0.05) is 79.1 Å². The van der Waals surface area contributed by atoms with Gasteiger partial charge < -0.3 is 14.8 Å². The summed E-state index contributed by atoms with van der Waals surface area (Å²) in [5.41, 5.74) is 5.36. The summed E-state index contributed by atoms with van der Waals surface area (Å²) in [5, 5.41) is 3.16. The Morgan fingerprint density at radius 1 is 0.938 bits per heavy atom. The zero-order valence-corrected chi connectivity index (χ0v) is 18.6. The second-order valence-corrected chi connectivity index (χ2v) is 8.98. The molecule has 0 aromatic heterocycles. The monoisotopic (exact) mass is 427 g/mol. The van der Waals surface area contributed by atoms with E-state index in [1.807, 2.05) is 31.2 Å². The van der Waals surface area contributed by atoms with Crippen molar-refractivity contribution in [1.82, 2.24) is 5.32 Å². The second kappa shape index (κ2) is 8.44. The molecule has 2 aliphatic rings. The largest absolute Gasteiger partial charge is 0.412 e. The SMILES string of the molecule is Cc1ccc(OC(=O)NC2CCCC[C@@]23O[C@H](c2ccccc2C)c2ccccc23)cc1. The van der Waals surface area contributed by atoms with Gasteiger partial charge in [-0.2, -0.15) is 0 Å². The molecule has 1 saturated carbocycles. The minimum Gasteiger partial charge on any atom is -0.410 e. The summed E-state index contributed by atoms with van der Waals surface area (Å²) >= 11 is 0. The number of carbonyl (C=O) groups excluding carboxylic acids is 1. The third kappa shape index (κ3) is 3.69. The quantitative estimate of drug-likeness (QED) is 0.530. The van der Waals surface area contributed by atoms with Crippen LogP contribution in [0.2, 0.25) is 0 Å². The lowest BCUT2D eigenvalue weighted by Gasteiger charge is -2.42. The van der Waals surface area contributed by atoms with Gasteiger partial charge in [0.25, 0.3) is 0 Å². The first-order valence-corrected chi connectivity index (χ1v) is 11.4. The van der Waals surface area contributed by atoms with Crippen molar-refractivity contribution >= 4 is 6.09 Å². The predicted molar refractivity (Wildman–Crippen MR) is 125 cm³/mol. The molecule has 1 aliphatic heterocycles. The van der Waals surface area contributed by atoms with Crippen molar-refractivity contribution in [2.75, 3.05) is 0 Å². The molecule has 32 heavy (non-hydrogen) atoms. The molecule has 1 N–H and O–H groups in total. The third-order valence-corrected chi connectivity index (χ3v) is 6.88. The molecule has 1 amide bonds. The average molecular weight is 428 g/mol. The van der Waals surface area contributed by atoms with Gasteiger partial charge in [0.1, 0.15) is 17.5 Å². The molecular formula is C28H29NO3. The Kier molecular flexibility index (Phi) is 5.48. The summed E-state index contributed by atoms with van der Waals surface area (Å²) in [6, 6.07) is 24.2. The zero-order chi connectivity index (χ0) is 22.1. The van der Waals surface area contributed by atoms with Crippen LogP contribution in [0.1, 0.15) is 59.6 Å². The maximum atomic E-state index is 12.8. The molecule has 1 heterocycles. The van der Waals surface area contributed by atoms with Crippen molar-refractivity contribution in [2.45, 2.75) is 57.3 Å². The van der Waals surface area contributed by atoms with Crippen molar-refractivity contribution in [3.8, 4) is 5.75 Å². The molecule has 3 atom stereocenters. The molecule has 5 rings (SSSR count). The molecule has 1 spiro atoms. The van der Waals surface area contributed by atoms with Gasteiger partial charge in [-0.05, 0) is 61.1 Å². The molecule has 0 saturated heterocycles. The Morgan fingerprint density at radius 3 is 2.44 bits per heavy atom. The topological polar surface area (TPSA) is 47.6 Å². The third-order valence-electron chi connectivity index (χ3n) is 6.88. The number of hydrogen-bond acceptors (Lipinski definition) is 3. The Balaban J connectivity index is 1.45. The van der Waals surface area contributed by atoms with Crippen molar-refractivity contribution < 1.29 is 14.3 Å². The summed E-state index contributed by atoms with van der Waals surface area (Å²) in [7, 11) is 0. The fraction of sp³-hybridized carbons (Fsp3) is 0.321. The van der Waals surface area contributed by atoms with Gasteiger partial charge >= 0.3 is 6.09 Å². The van der Waals surface area contributed by atoms with E-state index in [0.717, 1.165) is 31.2 Å². The second-order valence-electron chi connectivity index (χ2n) is 8.98. The van der Waals surface area contributed by atoms with Crippen LogP contribution < -0.4 is 10.1 Å². The summed E-state index contributed by atoms with van der Waals surface area (Å²) in [6.45, 7) is 4.14. The number of rotatable bonds is 3. The van der Waals surface area contributed by atoms with Crippen LogP contribution in [0.25, 0.3) is 0 Å². The van der Waals surface area contributed by atoms with Crippen LogP contribution >= 0.6 is 0 Å². The minimum atomic E-state index is -0.548. The number of hydrogen-bond donors (Lipinski definition) is 1. The summed E-state index contributed by atoms with van der Waals surface area (Å²) in [4.78, 5) is 12.8. The fourth-order valence-corrected chi connectivity index (χ4v) is 5.24. The van der Waals surface area contributed by atoms with E-state index in [-0.39, 0.29) is 12.1 Å². The first-order chi connectivity index (χ1) is 15.6. The van der Waals surface area contributed by atoms with Crippen molar-refractivity contribution in [3.63, 3.8) is 0 Å². The highest BCUT2D eigenvalue weighted by Crippen LogP contribution is 2.53. The number of ether oxygens (including phenoxy) is 2. The lowest BCUT2D eigenvalue weighted by atomic mass is 9.75. The summed E-state index contributed by atoms with van der Waals surface area (Å²) in [5.74, 6) is 0.545. The summed E-state index contributed by atoms with van der Waals surface area (Å²) < 4.78 is 12.5. The molecule has 164 valence electrons. The van der Waals surface area contributed by atoms with E-state index in [1.165, 1.54) is 22.3 Å². The van der Waals surface area contributed by atoms with E-state index in [9.17, 15) is 4.79 Å². The van der Waals surface area contributed by atoms with Crippen molar-refractivity contribution in [1.29, 1.82) is 0 Å². The first kappa shape index (κ1) is 20.8. The number of aryl methyl sites for hydroxylation is 2. The molecule has 1 aliphatic carbocycles. The van der Waals surface area contributed by atoms with E-state index in [1.54, 1.807) is 0 Å². The van der Waals surface area contributed by atoms with Gasteiger partial charge in [-0.15, -0.1) is 0 Å². The molecule has 1 fully saturated rings. The molecule has 3 aromatic rings. The average Bonchev–Trinajstić information content (AvgIpc) is 3.12. The van der Waals surface area contributed by atoms with Gasteiger partial charge in [0, 0.05) is 0 Å². The Labute approximate surface area is 189 Å². The molecule has 0 bridgehead atoms. The predicted octanol–water partition coefficient (Wildman–Crippen LogP) is 6.35. The highest BCUT2D eigenvalue weighted by atomic mass is 16.6. The maximum absolute atomic E-state index is 12.8. The lowest BCUT2D eigenvalue weighted by molar-refractivity contribution is -0.103. The highest BCUT2D eigenvalue weighted by molar-refractivity contribution is 5.71. The van der Waals surface area contributed by atoms with E-state index in [4.69, 9.17) is 9.47 Å². The molecule has 3 aromatic carbocycles. The Bertz CT molecular complexity index is 1120. The molecule has 1 unspecified atom stereocenters. The standard InChI is InChI=1S/C28H29NO3/c1-19-14-16-21(17-15-19)31-27(30)29-25-13-7-8-18-28(25)24-12-6-5-11-23(24)26(32-28)22-10-4-3-9-20(22)2/h3-6,9-12,14-17,25-26H,7-8,13,18H2,1-2H3,(H,29,30)/t25?,26-,28+/m1/s1. The van der Waals surface area contributed by atoms with Crippen LogP contribution in [0.15, 0.2) is 72.8 Å². The molecule has 4 nitrogen and oxygen atoms in total. The van der Waals surface area contributed by atoms with E-state index in [2.05, 4.69) is 60.8 Å². The Hall–Kier alpha value is -3.11. The first-order valence-electron chi connectivity index (χ1n) is 11.4. The van der Waals surface area contributed by atoms with Crippen LogP contribution in [-0.4, -0.2) is 12.1 Å². The number of carbonyl (C=O) groups is 1. The van der Waals surface area contributed by atoms with E-state index >= 15 is 0 Å². The lowest BCUT2D eigenvalue weighted by Crippen LogP contribution is -2.53. The van der Waals surface area contributed by atoms with Crippen LogP contribution in [0.3, 0.4) is 0 Å². The van der Waals surface area contributed by atoms with Crippen LogP contribution in [0.4, 0.5) is 4.79 Å². The normalized spacial score (nSPS) is 24.2. The van der Waals surface area contributed by atoms with Gasteiger partial charge in [-0.25, -0.2) is 4.79 Å². The van der Waals surface area contributed by atoms with Crippen LogP contribution in [-0.2, 0) is 10.3 Å².